The van der Waals surface area contributed by atoms with E-state index in [-0.39, 0.29) is 18.9 Å². The Balaban J connectivity index is 1.82. The standard InChI is InChI=1S/C30H28F6N2O5/c1-19(21-13-24(29(31,32)33)15-25(14-21)30(34,35)36)43-18-28(22-10-6-3-7-11-22)23(12-20-8-4-2-5-9-20)16-26(38(41)42)17-37(28)27(39)40/h2-11,13-15,19,23,26H,12,16-18H2,1H3,(H,39,40)/t19-,23?,26?,28-/m1/s1. The second-order valence-electron chi connectivity index (χ2n) is 10.5. The minimum atomic E-state index is -5.07. The average molecular weight is 611 g/mol. The normalized spacial score (nSPS) is 21.8. The Labute approximate surface area is 242 Å². The lowest BCUT2D eigenvalue weighted by Gasteiger charge is -2.51. The Kier molecular flexibility index (Phi) is 9.05. The Hall–Kier alpha value is -4.13. The maximum atomic E-state index is 13.5. The third kappa shape index (κ3) is 6.93. The fourth-order valence-electron chi connectivity index (χ4n) is 5.70. The van der Waals surface area contributed by atoms with E-state index in [0.29, 0.717) is 17.7 Å². The summed E-state index contributed by atoms with van der Waals surface area (Å²) in [5.41, 5.74) is -3.82. The van der Waals surface area contributed by atoms with Gasteiger partial charge in [-0.25, -0.2) is 4.79 Å². The molecule has 3 aromatic carbocycles. The van der Waals surface area contributed by atoms with Crippen molar-refractivity contribution in [3.05, 3.63) is 117 Å². The smallest absolute Gasteiger partial charge is 0.416 e. The molecule has 43 heavy (non-hydrogen) atoms. The molecule has 0 radical (unpaired) electrons. The van der Waals surface area contributed by atoms with Crippen molar-refractivity contribution < 1.29 is 45.9 Å². The molecule has 0 saturated carbocycles. The largest absolute Gasteiger partial charge is 0.465 e. The van der Waals surface area contributed by atoms with Crippen LogP contribution >= 0.6 is 0 Å². The van der Waals surface area contributed by atoms with Crippen LogP contribution in [0.3, 0.4) is 0 Å². The molecule has 1 aliphatic rings. The number of alkyl halides is 6. The van der Waals surface area contributed by atoms with Crippen molar-refractivity contribution in [3.63, 3.8) is 0 Å². The SMILES string of the molecule is C[C@@H](OC[C@@]1(c2ccccc2)C(Cc2ccccc2)CC([N+](=O)[O-])CN1C(=O)O)c1cc(C(F)(F)F)cc(C(F)(F)F)c1. The summed E-state index contributed by atoms with van der Waals surface area (Å²) < 4.78 is 87.1. The van der Waals surface area contributed by atoms with Crippen LogP contribution in [0.1, 0.15) is 47.3 Å². The summed E-state index contributed by atoms with van der Waals surface area (Å²) in [4.78, 5) is 25.0. The van der Waals surface area contributed by atoms with Gasteiger partial charge in [-0.1, -0.05) is 60.7 Å². The molecule has 3 aromatic rings. The monoisotopic (exact) mass is 610 g/mol. The number of nitro groups is 1. The van der Waals surface area contributed by atoms with Crippen LogP contribution in [-0.2, 0) is 29.0 Å². The topological polar surface area (TPSA) is 92.9 Å². The Morgan fingerprint density at radius 2 is 1.53 bits per heavy atom. The van der Waals surface area contributed by atoms with Gasteiger partial charge >= 0.3 is 18.4 Å². The summed E-state index contributed by atoms with van der Waals surface area (Å²) in [5.74, 6) is -0.753. The van der Waals surface area contributed by atoms with Gasteiger partial charge in [0.05, 0.1) is 35.9 Å². The number of carboxylic acid groups (broad SMARTS) is 1. The van der Waals surface area contributed by atoms with Gasteiger partial charge in [-0.2, -0.15) is 26.3 Å². The molecule has 0 aliphatic carbocycles. The Bertz CT molecular complexity index is 1400. The minimum absolute atomic E-state index is 0.0165. The molecule has 1 aliphatic heterocycles. The summed E-state index contributed by atoms with van der Waals surface area (Å²) in [6.07, 6.45) is -12.8. The number of carbonyl (C=O) groups is 1. The van der Waals surface area contributed by atoms with Crippen molar-refractivity contribution in [3.8, 4) is 0 Å². The van der Waals surface area contributed by atoms with E-state index in [9.17, 15) is 46.4 Å². The molecule has 1 fully saturated rings. The number of benzene rings is 3. The summed E-state index contributed by atoms with van der Waals surface area (Å²) >= 11 is 0. The Morgan fingerprint density at radius 3 is 2.02 bits per heavy atom. The van der Waals surface area contributed by atoms with Crippen molar-refractivity contribution in [1.29, 1.82) is 0 Å². The number of piperidine rings is 1. The highest BCUT2D eigenvalue weighted by molar-refractivity contribution is 5.67. The van der Waals surface area contributed by atoms with Crippen molar-refractivity contribution in [2.75, 3.05) is 13.2 Å². The predicted molar refractivity (Wildman–Crippen MR) is 143 cm³/mol. The zero-order valence-corrected chi connectivity index (χ0v) is 22.8. The molecular formula is C30H28F6N2O5. The van der Waals surface area contributed by atoms with Gasteiger partial charge in [0.2, 0.25) is 6.04 Å². The zero-order chi connectivity index (χ0) is 31.6. The summed E-state index contributed by atoms with van der Waals surface area (Å²) in [6.45, 7) is 0.278. The van der Waals surface area contributed by atoms with Gasteiger partial charge < -0.3 is 9.84 Å². The summed E-state index contributed by atoms with van der Waals surface area (Å²) in [5, 5.41) is 22.3. The number of hydrogen-bond donors (Lipinski definition) is 1. The van der Waals surface area contributed by atoms with Crippen LogP contribution in [0.15, 0.2) is 78.9 Å². The van der Waals surface area contributed by atoms with E-state index in [0.717, 1.165) is 10.5 Å². The maximum absolute atomic E-state index is 13.5. The quantitative estimate of drug-likeness (QED) is 0.161. The van der Waals surface area contributed by atoms with Crippen molar-refractivity contribution >= 4 is 6.09 Å². The molecule has 1 saturated heterocycles. The summed E-state index contributed by atoms with van der Waals surface area (Å²) in [7, 11) is 0. The van der Waals surface area contributed by atoms with E-state index in [1.54, 1.807) is 60.7 Å². The Morgan fingerprint density at radius 1 is 1.00 bits per heavy atom. The van der Waals surface area contributed by atoms with Crippen molar-refractivity contribution in [2.45, 2.75) is 49.8 Å². The lowest BCUT2D eigenvalue weighted by molar-refractivity contribution is -0.530. The van der Waals surface area contributed by atoms with Gasteiger partial charge in [0, 0.05) is 11.3 Å². The number of halogens is 6. The van der Waals surface area contributed by atoms with Gasteiger partial charge in [0.25, 0.3) is 0 Å². The molecule has 0 aromatic heterocycles. The molecule has 230 valence electrons. The van der Waals surface area contributed by atoms with Crippen molar-refractivity contribution in [2.24, 2.45) is 5.92 Å². The number of likely N-dealkylation sites (tertiary alicyclic amines) is 1. The van der Waals surface area contributed by atoms with Gasteiger partial charge in [-0.15, -0.1) is 0 Å². The lowest BCUT2D eigenvalue weighted by atomic mass is 9.69. The molecule has 4 atom stereocenters. The first-order valence-electron chi connectivity index (χ1n) is 13.3. The van der Waals surface area contributed by atoms with E-state index in [4.69, 9.17) is 4.74 Å². The molecule has 0 spiro atoms. The fourth-order valence-corrected chi connectivity index (χ4v) is 5.70. The first kappa shape index (κ1) is 31.8. The summed E-state index contributed by atoms with van der Waals surface area (Å²) in [6, 6.07) is 17.0. The molecule has 1 heterocycles. The molecule has 13 heteroatoms. The number of ether oxygens (including phenoxy) is 1. The number of hydrogen-bond acceptors (Lipinski definition) is 4. The average Bonchev–Trinajstić information content (AvgIpc) is 2.95. The van der Waals surface area contributed by atoms with Crippen LogP contribution in [0, 0.1) is 16.0 Å². The second kappa shape index (κ2) is 12.2. The van der Waals surface area contributed by atoms with Gasteiger partial charge in [-0.3, -0.25) is 15.0 Å². The predicted octanol–water partition coefficient (Wildman–Crippen LogP) is 7.59. The maximum Gasteiger partial charge on any atom is 0.416 e. The fraction of sp³-hybridized carbons (Fsp3) is 0.367. The van der Waals surface area contributed by atoms with Crippen LogP contribution in [0.2, 0.25) is 0 Å². The van der Waals surface area contributed by atoms with Crippen LogP contribution < -0.4 is 0 Å². The van der Waals surface area contributed by atoms with Crippen LogP contribution in [0.25, 0.3) is 0 Å². The van der Waals surface area contributed by atoms with Crippen molar-refractivity contribution in [1.82, 2.24) is 4.90 Å². The van der Waals surface area contributed by atoms with Crippen LogP contribution in [-0.4, -0.2) is 40.2 Å². The van der Waals surface area contributed by atoms with E-state index in [1.165, 1.54) is 6.92 Å². The number of amides is 1. The molecule has 0 bridgehead atoms. The zero-order valence-electron chi connectivity index (χ0n) is 22.8. The first-order valence-corrected chi connectivity index (χ1v) is 13.3. The molecule has 1 N–H and O–H groups in total. The highest BCUT2D eigenvalue weighted by atomic mass is 19.4. The van der Waals surface area contributed by atoms with E-state index < -0.39 is 76.8 Å². The first-order chi connectivity index (χ1) is 20.1. The number of rotatable bonds is 8. The third-order valence-electron chi connectivity index (χ3n) is 7.87. The van der Waals surface area contributed by atoms with E-state index in [2.05, 4.69) is 0 Å². The molecule has 7 nitrogen and oxygen atoms in total. The lowest BCUT2D eigenvalue weighted by Crippen LogP contribution is -2.64. The second-order valence-corrected chi connectivity index (χ2v) is 10.5. The van der Waals surface area contributed by atoms with Crippen LogP contribution in [0.4, 0.5) is 31.1 Å². The molecule has 1 amide bonds. The van der Waals surface area contributed by atoms with E-state index >= 15 is 0 Å². The molecule has 2 unspecified atom stereocenters. The van der Waals surface area contributed by atoms with Gasteiger partial charge in [0.15, 0.2) is 0 Å². The van der Waals surface area contributed by atoms with E-state index in [1.807, 2.05) is 0 Å². The third-order valence-corrected chi connectivity index (χ3v) is 7.87. The minimum Gasteiger partial charge on any atom is -0.465 e. The van der Waals surface area contributed by atoms with Gasteiger partial charge in [-0.05, 0) is 54.2 Å². The highest BCUT2D eigenvalue weighted by Gasteiger charge is 2.55. The van der Waals surface area contributed by atoms with Gasteiger partial charge in [0.1, 0.15) is 0 Å². The number of nitrogens with zero attached hydrogens (tertiary/aromatic N) is 2. The van der Waals surface area contributed by atoms with Crippen LogP contribution in [0.5, 0.6) is 0 Å². The highest BCUT2D eigenvalue weighted by Crippen LogP contribution is 2.46. The molecule has 4 rings (SSSR count). The molecular weight excluding hydrogens is 582 g/mol.